The van der Waals surface area contributed by atoms with Crippen molar-refractivity contribution in [1.82, 2.24) is 0 Å². The molecule has 0 unspecified atom stereocenters. The summed E-state index contributed by atoms with van der Waals surface area (Å²) in [5.74, 6) is -1.04. The van der Waals surface area contributed by atoms with E-state index in [-0.39, 0.29) is 16.3 Å². The summed E-state index contributed by atoms with van der Waals surface area (Å²) in [6.45, 7) is 0. The zero-order valence-electron chi connectivity index (χ0n) is 8.19. The highest BCUT2D eigenvalue weighted by molar-refractivity contribution is 7.20. The minimum absolute atomic E-state index is 0.00547. The van der Waals surface area contributed by atoms with E-state index in [4.69, 9.17) is 10.6 Å². The molecule has 0 saturated carbocycles. The minimum Gasteiger partial charge on any atom is -0.477 e. The van der Waals surface area contributed by atoms with E-state index in [2.05, 4.69) is 15.2 Å². The molecule has 7 nitrogen and oxygen atoms in total. The molecule has 0 radical (unpaired) electrons. The highest BCUT2D eigenvalue weighted by Gasteiger charge is 2.11. The average Bonchev–Trinajstić information content (AvgIpc) is 2.71. The van der Waals surface area contributed by atoms with Gasteiger partial charge in [-0.1, -0.05) is 5.11 Å². The molecule has 0 aliphatic carbocycles. The van der Waals surface area contributed by atoms with E-state index in [9.17, 15) is 9.70 Å². The first-order chi connectivity index (χ1) is 8.15. The summed E-state index contributed by atoms with van der Waals surface area (Å²) in [6, 6.07) is 4.30. The number of azide groups is 1. The predicted molar refractivity (Wildman–Crippen MR) is 63.0 cm³/mol. The average molecular weight is 248 g/mol. The normalized spacial score (nSPS) is 9.88. The van der Waals surface area contributed by atoms with Crippen LogP contribution in [0.1, 0.15) is 9.67 Å². The van der Waals surface area contributed by atoms with E-state index >= 15 is 0 Å². The maximum absolute atomic E-state index is 10.8. The van der Waals surface area contributed by atoms with Gasteiger partial charge in [-0.15, -0.1) is 16.2 Å². The van der Waals surface area contributed by atoms with Crippen molar-refractivity contribution in [3.63, 3.8) is 0 Å². The molecule has 2 aromatic rings. The molecule has 1 N–H and O–H groups in total. The van der Waals surface area contributed by atoms with Gasteiger partial charge in [-0.3, -0.25) is 0 Å². The van der Waals surface area contributed by atoms with Gasteiger partial charge in [0.25, 0.3) is 0 Å². The number of hydrogen-bond donors (Lipinski definition) is 1. The molecule has 0 bridgehead atoms. The van der Waals surface area contributed by atoms with Gasteiger partial charge in [0, 0.05) is 9.61 Å². The summed E-state index contributed by atoms with van der Waals surface area (Å²) in [5, 5.41) is 15.5. The maximum atomic E-state index is 10.8. The predicted octanol–water partition coefficient (Wildman–Crippen LogP) is 3.94. The molecule has 1 aromatic heterocycles. The third-order valence-corrected chi connectivity index (χ3v) is 3.16. The Bertz CT molecular complexity index is 672. The van der Waals surface area contributed by atoms with Crippen LogP contribution in [-0.4, -0.2) is 11.1 Å². The van der Waals surface area contributed by atoms with E-state index in [0.29, 0.717) is 10.1 Å². The maximum Gasteiger partial charge on any atom is 0.345 e. The van der Waals surface area contributed by atoms with Gasteiger partial charge in [-0.25, -0.2) is 4.79 Å². The summed E-state index contributed by atoms with van der Waals surface area (Å²) >= 11 is 1.03. The highest BCUT2D eigenvalue weighted by atomic mass is 32.1. The number of nitrogens with zero attached hydrogens (tertiary/aromatic N) is 4. The fourth-order valence-corrected chi connectivity index (χ4v) is 2.29. The third-order valence-electron chi connectivity index (χ3n) is 2.08. The number of thiophene rings is 1. The van der Waals surface area contributed by atoms with Gasteiger partial charge in [0.2, 0.25) is 0 Å². The van der Waals surface area contributed by atoms with Crippen molar-refractivity contribution in [1.29, 1.82) is 0 Å². The van der Waals surface area contributed by atoms with Crippen LogP contribution in [-0.2, 0) is 0 Å². The number of nitroso groups, excluding NO2 is 1. The fourth-order valence-electron chi connectivity index (χ4n) is 1.37. The van der Waals surface area contributed by atoms with Crippen LogP contribution in [0.3, 0.4) is 0 Å². The van der Waals surface area contributed by atoms with Crippen LogP contribution in [0.5, 0.6) is 0 Å². The Morgan fingerprint density at radius 1 is 1.35 bits per heavy atom. The Labute approximate surface area is 97.9 Å². The molecule has 2 rings (SSSR count). The first-order valence-corrected chi connectivity index (χ1v) is 5.16. The standard InChI is InChI=1S/C9H4N4O3S/c10-13-11-5-1-4-2-8(9(14)15)17-7(4)3-6(5)12-16/h1-3H,(H,14,15). The number of rotatable bonds is 3. The van der Waals surface area contributed by atoms with Crippen molar-refractivity contribution < 1.29 is 9.90 Å². The molecule has 8 heteroatoms. The Kier molecular flexibility index (Phi) is 2.73. The van der Waals surface area contributed by atoms with E-state index in [1.807, 2.05) is 0 Å². The third kappa shape index (κ3) is 1.94. The van der Waals surface area contributed by atoms with Crippen LogP contribution in [0, 0.1) is 4.91 Å². The fraction of sp³-hybridized carbons (Fsp3) is 0. The van der Waals surface area contributed by atoms with Gasteiger partial charge >= 0.3 is 5.97 Å². The summed E-state index contributed by atoms with van der Waals surface area (Å²) < 4.78 is 0.605. The van der Waals surface area contributed by atoms with Crippen molar-refractivity contribution in [2.45, 2.75) is 0 Å². The monoisotopic (exact) mass is 248 g/mol. The topological polar surface area (TPSA) is 115 Å². The van der Waals surface area contributed by atoms with Crippen molar-refractivity contribution >= 4 is 38.8 Å². The van der Waals surface area contributed by atoms with Crippen molar-refractivity contribution in [2.24, 2.45) is 10.3 Å². The number of fused-ring (bicyclic) bond motifs is 1. The van der Waals surface area contributed by atoms with Crippen LogP contribution >= 0.6 is 11.3 Å². The number of hydrogen-bond acceptors (Lipinski definition) is 5. The number of carboxylic acids is 1. The first kappa shape index (κ1) is 11.1. The lowest BCUT2D eigenvalue weighted by Gasteiger charge is -1.95. The van der Waals surface area contributed by atoms with E-state index < -0.39 is 5.97 Å². The number of benzene rings is 1. The molecule has 0 aliphatic rings. The van der Waals surface area contributed by atoms with Gasteiger partial charge in [0.05, 0.1) is 5.69 Å². The van der Waals surface area contributed by atoms with Crippen LogP contribution < -0.4 is 0 Å². The van der Waals surface area contributed by atoms with E-state index in [0.717, 1.165) is 11.3 Å². The number of carboxylic acid groups (broad SMARTS) is 1. The molecule has 1 heterocycles. The van der Waals surface area contributed by atoms with Crippen molar-refractivity contribution in [2.75, 3.05) is 0 Å². The van der Waals surface area contributed by atoms with Crippen molar-refractivity contribution in [3.05, 3.63) is 38.4 Å². The first-order valence-electron chi connectivity index (χ1n) is 4.35. The quantitative estimate of drug-likeness (QED) is 0.383. The summed E-state index contributed by atoms with van der Waals surface area (Å²) in [5.41, 5.74) is 8.41. The Balaban J connectivity index is 2.73. The summed E-state index contributed by atoms with van der Waals surface area (Å²) in [6.07, 6.45) is 0. The smallest absolute Gasteiger partial charge is 0.345 e. The van der Waals surface area contributed by atoms with Gasteiger partial charge in [0.15, 0.2) is 0 Å². The summed E-state index contributed by atoms with van der Waals surface area (Å²) in [4.78, 5) is 24.0. The van der Waals surface area contributed by atoms with E-state index in [1.54, 1.807) is 0 Å². The van der Waals surface area contributed by atoms with Crippen LogP contribution in [0.2, 0.25) is 0 Å². The zero-order valence-corrected chi connectivity index (χ0v) is 9.01. The molecule has 0 amide bonds. The van der Waals surface area contributed by atoms with Crippen LogP contribution in [0.15, 0.2) is 28.5 Å². The largest absolute Gasteiger partial charge is 0.477 e. The number of aromatic carboxylic acids is 1. The molecule has 1 aromatic carbocycles. The second-order valence-electron chi connectivity index (χ2n) is 3.08. The highest BCUT2D eigenvalue weighted by Crippen LogP contribution is 2.36. The zero-order chi connectivity index (χ0) is 12.4. The Morgan fingerprint density at radius 3 is 2.71 bits per heavy atom. The minimum atomic E-state index is -1.04. The lowest BCUT2D eigenvalue weighted by molar-refractivity contribution is 0.0702. The molecule has 0 aliphatic heterocycles. The van der Waals surface area contributed by atoms with Gasteiger partial charge in [-0.05, 0) is 34.3 Å². The summed E-state index contributed by atoms with van der Waals surface area (Å²) in [7, 11) is 0. The molecule has 84 valence electrons. The second kappa shape index (κ2) is 4.20. The van der Waals surface area contributed by atoms with E-state index in [1.165, 1.54) is 18.2 Å². The lowest BCUT2D eigenvalue weighted by atomic mass is 10.2. The number of carbonyl (C=O) groups is 1. The Hall–Kier alpha value is -2.44. The molecular formula is C9H4N4O3S. The van der Waals surface area contributed by atoms with Gasteiger partial charge in [-0.2, -0.15) is 0 Å². The van der Waals surface area contributed by atoms with Gasteiger partial charge < -0.3 is 5.11 Å². The molecule has 0 fully saturated rings. The molecule has 17 heavy (non-hydrogen) atoms. The van der Waals surface area contributed by atoms with Gasteiger partial charge in [0.1, 0.15) is 10.6 Å². The van der Waals surface area contributed by atoms with Crippen LogP contribution in [0.4, 0.5) is 11.4 Å². The molecule has 0 spiro atoms. The molecule has 0 atom stereocenters. The molecule has 0 saturated heterocycles. The Morgan fingerprint density at radius 2 is 2.12 bits per heavy atom. The second-order valence-corrected chi connectivity index (χ2v) is 4.16. The van der Waals surface area contributed by atoms with Crippen molar-refractivity contribution in [3.8, 4) is 0 Å². The molecular weight excluding hydrogens is 244 g/mol. The SMILES string of the molecule is [N-]=[N+]=Nc1cc2cc(C(=O)O)sc2cc1N=O. The van der Waals surface area contributed by atoms with Crippen LogP contribution in [0.25, 0.3) is 20.5 Å². The lowest BCUT2D eigenvalue weighted by Crippen LogP contribution is -1.89.